The maximum absolute atomic E-state index is 11.9. The highest BCUT2D eigenvalue weighted by molar-refractivity contribution is 5.78. The Morgan fingerprint density at radius 3 is 2.48 bits per heavy atom. The molecule has 0 unspecified atom stereocenters. The predicted molar refractivity (Wildman–Crippen MR) is 99.2 cm³/mol. The van der Waals surface area contributed by atoms with E-state index in [1.807, 2.05) is 19.9 Å². The average molecular weight is 346 g/mol. The van der Waals surface area contributed by atoms with Crippen LogP contribution in [0.2, 0.25) is 0 Å². The van der Waals surface area contributed by atoms with Gasteiger partial charge in [-0.1, -0.05) is 30.3 Å². The highest BCUT2D eigenvalue weighted by Gasteiger charge is 2.20. The van der Waals surface area contributed by atoms with Crippen LogP contribution in [0.1, 0.15) is 38.7 Å². The van der Waals surface area contributed by atoms with Crippen molar-refractivity contribution in [1.29, 1.82) is 0 Å². The van der Waals surface area contributed by atoms with Gasteiger partial charge in [-0.3, -0.25) is 9.69 Å². The molecule has 0 bridgehead atoms. The Bertz CT molecular complexity index is 540. The zero-order valence-corrected chi connectivity index (χ0v) is 15.3. The van der Waals surface area contributed by atoms with Crippen molar-refractivity contribution in [3.8, 4) is 0 Å². The van der Waals surface area contributed by atoms with Crippen molar-refractivity contribution in [2.75, 3.05) is 19.6 Å². The van der Waals surface area contributed by atoms with Crippen LogP contribution >= 0.6 is 0 Å². The van der Waals surface area contributed by atoms with Gasteiger partial charge in [-0.2, -0.15) is 0 Å². The van der Waals surface area contributed by atoms with Gasteiger partial charge in [0.25, 0.3) is 0 Å². The molecule has 0 radical (unpaired) electrons. The molecule has 6 heteroatoms. The van der Waals surface area contributed by atoms with Crippen LogP contribution in [0.25, 0.3) is 0 Å². The third-order valence-electron chi connectivity index (χ3n) is 4.26. The smallest absolute Gasteiger partial charge is 0.315 e. The Kier molecular flexibility index (Phi) is 7.73. The van der Waals surface area contributed by atoms with E-state index in [0.717, 1.165) is 32.5 Å². The number of likely N-dealkylation sites (tertiary alicyclic amines) is 1. The van der Waals surface area contributed by atoms with Crippen molar-refractivity contribution in [2.24, 2.45) is 0 Å². The number of carbonyl (C=O) groups is 2. The molecule has 1 fully saturated rings. The number of piperidine rings is 1. The number of amides is 3. The Morgan fingerprint density at radius 2 is 1.84 bits per heavy atom. The first-order valence-electron chi connectivity index (χ1n) is 9.13. The average Bonchev–Trinajstić information content (AvgIpc) is 2.57. The summed E-state index contributed by atoms with van der Waals surface area (Å²) >= 11 is 0. The van der Waals surface area contributed by atoms with E-state index >= 15 is 0 Å². The van der Waals surface area contributed by atoms with Crippen LogP contribution in [0.5, 0.6) is 0 Å². The molecule has 2 rings (SSSR count). The summed E-state index contributed by atoms with van der Waals surface area (Å²) in [6.07, 6.45) is 2.21. The fraction of sp³-hybridized carbons (Fsp3) is 0.579. The van der Waals surface area contributed by atoms with Gasteiger partial charge >= 0.3 is 6.03 Å². The summed E-state index contributed by atoms with van der Waals surface area (Å²) in [6.45, 7) is 7.12. The molecule has 6 nitrogen and oxygen atoms in total. The van der Waals surface area contributed by atoms with Gasteiger partial charge in [0.05, 0.1) is 0 Å². The molecular weight excluding hydrogens is 316 g/mol. The highest BCUT2D eigenvalue weighted by Crippen LogP contribution is 2.13. The Morgan fingerprint density at radius 1 is 1.16 bits per heavy atom. The monoisotopic (exact) mass is 346 g/mol. The Labute approximate surface area is 150 Å². The number of nitrogens with one attached hydrogen (secondary N) is 3. The molecule has 1 heterocycles. The molecule has 1 aromatic carbocycles. The van der Waals surface area contributed by atoms with Gasteiger partial charge in [-0.15, -0.1) is 0 Å². The van der Waals surface area contributed by atoms with Gasteiger partial charge < -0.3 is 16.0 Å². The fourth-order valence-corrected chi connectivity index (χ4v) is 3.00. The van der Waals surface area contributed by atoms with Crippen molar-refractivity contribution in [1.82, 2.24) is 20.9 Å². The van der Waals surface area contributed by atoms with Crippen molar-refractivity contribution in [2.45, 2.75) is 51.7 Å². The predicted octanol–water partition coefficient (Wildman–Crippen LogP) is 1.86. The molecule has 138 valence electrons. The standard InChI is InChI=1S/C19H30N4O2/c1-15(2)21-18(24)8-11-20-19(25)22-17-9-12-23(13-10-17)14-16-6-4-3-5-7-16/h3-7,15,17H,8-14H2,1-2H3,(H,21,24)(H2,20,22,25). The second-order valence-corrected chi connectivity index (χ2v) is 6.91. The molecule has 0 aromatic heterocycles. The van der Waals surface area contributed by atoms with Crippen molar-refractivity contribution >= 4 is 11.9 Å². The number of hydrogen-bond donors (Lipinski definition) is 3. The van der Waals surface area contributed by atoms with E-state index in [9.17, 15) is 9.59 Å². The third kappa shape index (κ3) is 7.56. The van der Waals surface area contributed by atoms with E-state index in [1.54, 1.807) is 0 Å². The van der Waals surface area contributed by atoms with Crippen molar-refractivity contribution < 1.29 is 9.59 Å². The molecule has 0 atom stereocenters. The quantitative estimate of drug-likeness (QED) is 0.706. The molecule has 1 aliphatic heterocycles. The first-order chi connectivity index (χ1) is 12.0. The van der Waals surface area contributed by atoms with E-state index in [4.69, 9.17) is 0 Å². The first-order valence-corrected chi connectivity index (χ1v) is 9.13. The van der Waals surface area contributed by atoms with Crippen LogP contribution in [-0.2, 0) is 11.3 Å². The lowest BCUT2D eigenvalue weighted by Crippen LogP contribution is -2.48. The van der Waals surface area contributed by atoms with Crippen LogP contribution in [0.3, 0.4) is 0 Å². The van der Waals surface area contributed by atoms with Gasteiger partial charge in [-0.05, 0) is 32.3 Å². The van der Waals surface area contributed by atoms with Crippen LogP contribution in [-0.4, -0.2) is 48.6 Å². The maximum atomic E-state index is 11.9. The molecule has 1 aliphatic rings. The molecule has 25 heavy (non-hydrogen) atoms. The summed E-state index contributed by atoms with van der Waals surface area (Å²) in [5, 5.41) is 8.58. The van der Waals surface area contributed by atoms with Crippen LogP contribution in [0, 0.1) is 0 Å². The molecule has 0 aliphatic carbocycles. The van der Waals surface area contributed by atoms with E-state index in [1.165, 1.54) is 5.56 Å². The number of rotatable bonds is 7. The molecule has 3 N–H and O–H groups in total. The highest BCUT2D eigenvalue weighted by atomic mass is 16.2. The van der Waals surface area contributed by atoms with E-state index in [0.29, 0.717) is 13.0 Å². The minimum Gasteiger partial charge on any atom is -0.354 e. The Balaban J connectivity index is 1.59. The fourth-order valence-electron chi connectivity index (χ4n) is 3.00. The summed E-state index contributed by atoms with van der Waals surface area (Å²) in [4.78, 5) is 25.9. The van der Waals surface area contributed by atoms with Crippen LogP contribution in [0.15, 0.2) is 30.3 Å². The van der Waals surface area contributed by atoms with Gasteiger partial charge in [0, 0.05) is 44.7 Å². The van der Waals surface area contributed by atoms with Gasteiger partial charge in [0.2, 0.25) is 5.91 Å². The molecule has 1 saturated heterocycles. The van der Waals surface area contributed by atoms with E-state index < -0.39 is 0 Å². The van der Waals surface area contributed by atoms with Crippen LogP contribution in [0.4, 0.5) is 4.79 Å². The van der Waals surface area contributed by atoms with Crippen molar-refractivity contribution in [3.63, 3.8) is 0 Å². The maximum Gasteiger partial charge on any atom is 0.315 e. The van der Waals surface area contributed by atoms with Crippen LogP contribution < -0.4 is 16.0 Å². The minimum absolute atomic E-state index is 0.0375. The molecule has 3 amide bonds. The van der Waals surface area contributed by atoms with E-state index in [2.05, 4.69) is 45.1 Å². The lowest BCUT2D eigenvalue weighted by atomic mass is 10.0. The third-order valence-corrected chi connectivity index (χ3v) is 4.26. The first kappa shape index (κ1) is 19.2. The van der Waals surface area contributed by atoms with Gasteiger partial charge in [0.15, 0.2) is 0 Å². The summed E-state index contributed by atoms with van der Waals surface area (Å²) in [6, 6.07) is 10.6. The number of urea groups is 1. The molecule has 0 spiro atoms. The number of hydrogen-bond acceptors (Lipinski definition) is 3. The lowest BCUT2D eigenvalue weighted by molar-refractivity contribution is -0.121. The second kappa shape index (κ2) is 10.0. The van der Waals surface area contributed by atoms with E-state index in [-0.39, 0.29) is 24.0 Å². The molecule has 0 saturated carbocycles. The largest absolute Gasteiger partial charge is 0.354 e. The summed E-state index contributed by atoms with van der Waals surface area (Å²) in [7, 11) is 0. The summed E-state index contributed by atoms with van der Waals surface area (Å²) < 4.78 is 0. The topological polar surface area (TPSA) is 73.5 Å². The normalized spacial score (nSPS) is 15.8. The van der Waals surface area contributed by atoms with Crippen molar-refractivity contribution in [3.05, 3.63) is 35.9 Å². The lowest BCUT2D eigenvalue weighted by Gasteiger charge is -2.32. The minimum atomic E-state index is -0.182. The number of benzene rings is 1. The van der Waals surface area contributed by atoms with Gasteiger partial charge in [-0.25, -0.2) is 4.79 Å². The molecular formula is C19H30N4O2. The molecule has 1 aromatic rings. The number of carbonyl (C=O) groups excluding carboxylic acids is 2. The number of nitrogens with zero attached hydrogens (tertiary/aromatic N) is 1. The SMILES string of the molecule is CC(C)NC(=O)CCNC(=O)NC1CCN(Cc2ccccc2)CC1. The zero-order valence-electron chi connectivity index (χ0n) is 15.3. The zero-order chi connectivity index (χ0) is 18.1. The van der Waals surface area contributed by atoms with Gasteiger partial charge in [0.1, 0.15) is 0 Å². The second-order valence-electron chi connectivity index (χ2n) is 6.91. The summed E-state index contributed by atoms with van der Waals surface area (Å²) in [5.74, 6) is -0.0375. The summed E-state index contributed by atoms with van der Waals surface area (Å²) in [5.41, 5.74) is 1.33. The Hall–Kier alpha value is -2.08.